The highest BCUT2D eigenvalue weighted by Crippen LogP contribution is 2.58. The molecule has 1 aliphatic carbocycles. The molecule has 3 aliphatic rings. The molecular weight excluding hydrogens is 314 g/mol. The van der Waals surface area contributed by atoms with Crippen LogP contribution >= 0.6 is 0 Å². The van der Waals surface area contributed by atoms with E-state index in [1.807, 2.05) is 12.1 Å². The quantitative estimate of drug-likeness (QED) is 0.926. The first-order valence-electron chi connectivity index (χ1n) is 9.41. The number of nitrogens with one attached hydrogen (secondary N) is 1. The number of furan rings is 1. The van der Waals surface area contributed by atoms with Gasteiger partial charge in [-0.15, -0.1) is 0 Å². The van der Waals surface area contributed by atoms with Gasteiger partial charge in [0.25, 0.3) is 0 Å². The Morgan fingerprint density at radius 2 is 2.20 bits per heavy atom. The lowest BCUT2D eigenvalue weighted by molar-refractivity contribution is 0.0175. The van der Waals surface area contributed by atoms with Crippen molar-refractivity contribution in [1.29, 1.82) is 0 Å². The number of para-hydroxylation sites is 1. The molecule has 0 amide bonds. The molecule has 3 heterocycles. The Balaban J connectivity index is 1.54. The van der Waals surface area contributed by atoms with Crippen molar-refractivity contribution < 1.29 is 13.9 Å². The minimum atomic E-state index is 0.116. The van der Waals surface area contributed by atoms with E-state index in [0.717, 1.165) is 43.1 Å². The zero-order chi connectivity index (χ0) is 16.9. The van der Waals surface area contributed by atoms with Gasteiger partial charge in [-0.05, 0) is 56.3 Å². The van der Waals surface area contributed by atoms with Crippen LogP contribution in [0, 0.1) is 5.92 Å². The first-order valence-corrected chi connectivity index (χ1v) is 9.41. The van der Waals surface area contributed by atoms with Crippen LogP contribution < -0.4 is 14.8 Å². The van der Waals surface area contributed by atoms with Gasteiger partial charge in [0.1, 0.15) is 11.9 Å². The van der Waals surface area contributed by atoms with Gasteiger partial charge in [-0.1, -0.05) is 12.1 Å². The molecule has 5 rings (SSSR count). The van der Waals surface area contributed by atoms with Gasteiger partial charge in [-0.2, -0.15) is 0 Å². The lowest BCUT2D eigenvalue weighted by Crippen LogP contribution is -2.59. The Morgan fingerprint density at radius 3 is 3.04 bits per heavy atom. The van der Waals surface area contributed by atoms with Gasteiger partial charge < -0.3 is 19.2 Å². The van der Waals surface area contributed by atoms with Crippen LogP contribution in [-0.2, 0) is 11.8 Å². The van der Waals surface area contributed by atoms with E-state index >= 15 is 0 Å². The third-order valence-corrected chi connectivity index (χ3v) is 6.55. The van der Waals surface area contributed by atoms with Crippen LogP contribution in [0.5, 0.6) is 11.5 Å². The Hall–Kier alpha value is -1.94. The maximum atomic E-state index is 6.50. The minimum Gasteiger partial charge on any atom is -0.493 e. The summed E-state index contributed by atoms with van der Waals surface area (Å²) in [6.07, 6.45) is 7.74. The highest BCUT2D eigenvalue weighted by Gasteiger charge is 2.58. The van der Waals surface area contributed by atoms with Crippen LogP contribution in [0.3, 0.4) is 0 Å². The maximum Gasteiger partial charge on any atom is 0.165 e. The molecular formula is C21H25NO3. The molecule has 1 N–H and O–H groups in total. The highest BCUT2D eigenvalue weighted by atomic mass is 16.5. The lowest BCUT2D eigenvalue weighted by Gasteiger charge is -2.50. The molecule has 1 spiro atoms. The van der Waals surface area contributed by atoms with Crippen LogP contribution in [0.15, 0.2) is 41.0 Å². The smallest absolute Gasteiger partial charge is 0.165 e. The standard InChI is InChI=1S/C21H25NO3/c1-23-18-8-3-7-17-20(18)25-19-9-2-5-14-13-22-15(12-21(14,17)19)11-16-6-4-10-24-16/h3-4,6-8,10,14-15,19,22H,2,5,9,11-13H2,1H3. The number of hydrogen-bond donors (Lipinski definition) is 1. The number of benzene rings is 1. The van der Waals surface area contributed by atoms with E-state index in [0.29, 0.717) is 12.0 Å². The largest absolute Gasteiger partial charge is 0.493 e. The van der Waals surface area contributed by atoms with Crippen LogP contribution in [0.2, 0.25) is 0 Å². The second-order valence-electron chi connectivity index (χ2n) is 7.70. The molecule has 4 unspecified atom stereocenters. The molecule has 132 valence electrons. The van der Waals surface area contributed by atoms with E-state index in [2.05, 4.69) is 23.5 Å². The first-order chi connectivity index (χ1) is 12.3. The van der Waals surface area contributed by atoms with E-state index < -0.39 is 0 Å². The summed E-state index contributed by atoms with van der Waals surface area (Å²) in [5.41, 5.74) is 1.48. The van der Waals surface area contributed by atoms with E-state index in [1.165, 1.54) is 18.4 Å². The van der Waals surface area contributed by atoms with Crippen molar-refractivity contribution in [3.63, 3.8) is 0 Å². The molecule has 0 radical (unpaired) electrons. The normalized spacial score (nSPS) is 33.1. The minimum absolute atomic E-state index is 0.116. The Kier molecular flexibility index (Phi) is 3.56. The molecule has 4 heteroatoms. The van der Waals surface area contributed by atoms with Crippen LogP contribution in [0.4, 0.5) is 0 Å². The third kappa shape index (κ3) is 2.23. The fourth-order valence-corrected chi connectivity index (χ4v) is 5.49. The monoisotopic (exact) mass is 339 g/mol. The molecule has 0 bridgehead atoms. The lowest BCUT2D eigenvalue weighted by atomic mass is 9.57. The summed E-state index contributed by atoms with van der Waals surface area (Å²) in [6.45, 7) is 1.06. The molecule has 1 saturated carbocycles. The molecule has 4 atom stereocenters. The number of methoxy groups -OCH3 is 1. The molecule has 2 aliphatic heterocycles. The topological polar surface area (TPSA) is 43.6 Å². The molecule has 4 nitrogen and oxygen atoms in total. The number of hydrogen-bond acceptors (Lipinski definition) is 4. The highest BCUT2D eigenvalue weighted by molar-refractivity contribution is 5.55. The summed E-state index contributed by atoms with van der Waals surface area (Å²) in [5, 5.41) is 3.78. The van der Waals surface area contributed by atoms with Crippen LogP contribution in [0.1, 0.15) is 37.0 Å². The third-order valence-electron chi connectivity index (χ3n) is 6.55. The average Bonchev–Trinajstić information content (AvgIpc) is 3.26. The summed E-state index contributed by atoms with van der Waals surface area (Å²) in [7, 11) is 1.73. The Bertz CT molecular complexity index is 757. The summed E-state index contributed by atoms with van der Waals surface area (Å²) in [4.78, 5) is 0. The zero-order valence-electron chi connectivity index (χ0n) is 14.7. The number of rotatable bonds is 3. The number of ether oxygens (including phenoxy) is 2. The van der Waals surface area contributed by atoms with E-state index in [1.54, 1.807) is 13.4 Å². The van der Waals surface area contributed by atoms with Crippen molar-refractivity contribution in [3.05, 3.63) is 47.9 Å². The van der Waals surface area contributed by atoms with Gasteiger partial charge in [-0.25, -0.2) is 0 Å². The van der Waals surface area contributed by atoms with Gasteiger partial charge in [0.2, 0.25) is 0 Å². The molecule has 2 fully saturated rings. The molecule has 2 aromatic rings. The Labute approximate surface area is 148 Å². The number of piperidine rings is 1. The van der Waals surface area contributed by atoms with Gasteiger partial charge >= 0.3 is 0 Å². The van der Waals surface area contributed by atoms with Crippen molar-refractivity contribution in [2.45, 2.75) is 49.7 Å². The predicted octanol–water partition coefficient (Wildman–Crippen LogP) is 3.69. The van der Waals surface area contributed by atoms with Crippen LogP contribution in [0.25, 0.3) is 0 Å². The fourth-order valence-electron chi connectivity index (χ4n) is 5.49. The predicted molar refractivity (Wildman–Crippen MR) is 95.2 cm³/mol. The second-order valence-corrected chi connectivity index (χ2v) is 7.70. The van der Waals surface area contributed by atoms with E-state index in [-0.39, 0.29) is 11.5 Å². The van der Waals surface area contributed by atoms with Crippen molar-refractivity contribution in [1.82, 2.24) is 5.32 Å². The average molecular weight is 339 g/mol. The maximum absolute atomic E-state index is 6.50. The van der Waals surface area contributed by atoms with Gasteiger partial charge in [-0.3, -0.25) is 0 Å². The fraction of sp³-hybridized carbons (Fsp3) is 0.524. The SMILES string of the molecule is COc1cccc2c1OC1CCCC3CNC(Cc4ccco4)CC231. The number of fused-ring (bicyclic) bond motifs is 1. The van der Waals surface area contributed by atoms with Crippen molar-refractivity contribution in [2.75, 3.05) is 13.7 Å². The Morgan fingerprint density at radius 1 is 1.24 bits per heavy atom. The molecule has 25 heavy (non-hydrogen) atoms. The summed E-state index contributed by atoms with van der Waals surface area (Å²) < 4.78 is 17.7. The van der Waals surface area contributed by atoms with Gasteiger partial charge in [0, 0.05) is 23.4 Å². The zero-order valence-corrected chi connectivity index (χ0v) is 14.7. The van der Waals surface area contributed by atoms with Crippen molar-refractivity contribution >= 4 is 0 Å². The van der Waals surface area contributed by atoms with E-state index in [4.69, 9.17) is 13.9 Å². The molecule has 1 aromatic heterocycles. The summed E-state index contributed by atoms with van der Waals surface area (Å²) in [6, 6.07) is 10.9. The van der Waals surface area contributed by atoms with Crippen LogP contribution in [-0.4, -0.2) is 25.8 Å². The van der Waals surface area contributed by atoms with Crippen molar-refractivity contribution in [2.24, 2.45) is 5.92 Å². The first kappa shape index (κ1) is 15.3. The summed E-state index contributed by atoms with van der Waals surface area (Å²) in [5.74, 6) is 3.55. The van der Waals surface area contributed by atoms with Gasteiger partial charge in [0.05, 0.1) is 13.4 Å². The van der Waals surface area contributed by atoms with Gasteiger partial charge in [0.15, 0.2) is 11.5 Å². The molecule has 1 saturated heterocycles. The second kappa shape index (κ2) is 5.80. The van der Waals surface area contributed by atoms with Crippen molar-refractivity contribution in [3.8, 4) is 11.5 Å². The molecule has 1 aromatic carbocycles. The summed E-state index contributed by atoms with van der Waals surface area (Å²) >= 11 is 0. The van der Waals surface area contributed by atoms with E-state index in [9.17, 15) is 0 Å².